The molecule has 1 unspecified atom stereocenters. The Balaban J connectivity index is 1.96. The van der Waals surface area contributed by atoms with Crippen molar-refractivity contribution in [1.82, 2.24) is 4.90 Å². The molecule has 1 spiro atoms. The van der Waals surface area contributed by atoms with Crippen molar-refractivity contribution < 1.29 is 4.79 Å². The molecule has 1 aliphatic heterocycles. The highest BCUT2D eigenvalue weighted by atomic mass is 32.1. The second-order valence-corrected chi connectivity index (χ2v) is 7.13. The molecule has 4 heteroatoms. The number of hydrogen-bond acceptors (Lipinski definition) is 2. The van der Waals surface area contributed by atoms with Crippen molar-refractivity contribution in [3.63, 3.8) is 0 Å². The van der Waals surface area contributed by atoms with E-state index in [-0.39, 0.29) is 17.7 Å². The van der Waals surface area contributed by atoms with Gasteiger partial charge in [-0.15, -0.1) is 0 Å². The third-order valence-electron chi connectivity index (χ3n) is 5.04. The van der Waals surface area contributed by atoms with Crippen molar-refractivity contribution in [1.29, 1.82) is 0 Å². The summed E-state index contributed by atoms with van der Waals surface area (Å²) < 4.78 is 0. The molecule has 1 amide bonds. The second kappa shape index (κ2) is 5.78. The number of likely N-dealkylation sites (tertiary alicyclic amines) is 1. The summed E-state index contributed by atoms with van der Waals surface area (Å²) in [5.41, 5.74) is 6.29. The molecule has 1 heterocycles. The Bertz CT molecular complexity index is 351. The van der Waals surface area contributed by atoms with Gasteiger partial charge in [-0.05, 0) is 37.0 Å². The van der Waals surface area contributed by atoms with Gasteiger partial charge >= 0.3 is 0 Å². The van der Waals surface area contributed by atoms with Gasteiger partial charge in [0.15, 0.2) is 0 Å². The van der Waals surface area contributed by atoms with E-state index in [0.29, 0.717) is 10.4 Å². The Morgan fingerprint density at radius 3 is 2.11 bits per heavy atom. The van der Waals surface area contributed by atoms with Gasteiger partial charge < -0.3 is 10.6 Å². The summed E-state index contributed by atoms with van der Waals surface area (Å²) in [5, 5.41) is 0. The van der Waals surface area contributed by atoms with Crippen LogP contribution in [0.1, 0.15) is 52.4 Å². The second-order valence-electron chi connectivity index (χ2n) is 6.66. The van der Waals surface area contributed by atoms with Gasteiger partial charge in [0.2, 0.25) is 5.91 Å². The first-order valence-electron chi connectivity index (χ1n) is 7.53. The highest BCUT2D eigenvalue weighted by Gasteiger charge is 2.39. The fourth-order valence-electron chi connectivity index (χ4n) is 3.76. The summed E-state index contributed by atoms with van der Waals surface area (Å²) in [6.45, 7) is 5.82. The first-order valence-corrected chi connectivity index (χ1v) is 7.94. The zero-order valence-corrected chi connectivity index (χ0v) is 13.0. The van der Waals surface area contributed by atoms with E-state index < -0.39 is 0 Å². The summed E-state index contributed by atoms with van der Waals surface area (Å²) in [7, 11) is 0. The van der Waals surface area contributed by atoms with Crippen LogP contribution in [0.3, 0.4) is 0 Å². The Labute approximate surface area is 121 Å². The van der Waals surface area contributed by atoms with Crippen LogP contribution in [0.25, 0.3) is 0 Å². The van der Waals surface area contributed by atoms with E-state index in [0.717, 1.165) is 13.1 Å². The average Bonchev–Trinajstić information content (AvgIpc) is 2.77. The zero-order chi connectivity index (χ0) is 14.0. The molecular weight excluding hydrogens is 256 g/mol. The minimum Gasteiger partial charge on any atom is -0.393 e. The molecule has 2 N–H and O–H groups in total. The van der Waals surface area contributed by atoms with E-state index in [1.807, 2.05) is 18.7 Å². The van der Waals surface area contributed by atoms with Crippen LogP contribution in [0.4, 0.5) is 0 Å². The maximum Gasteiger partial charge on any atom is 0.232 e. The highest BCUT2D eigenvalue weighted by Crippen LogP contribution is 2.46. The van der Waals surface area contributed by atoms with E-state index in [4.69, 9.17) is 18.0 Å². The molecule has 0 bridgehead atoms. The van der Waals surface area contributed by atoms with Crippen LogP contribution >= 0.6 is 12.2 Å². The molecule has 3 nitrogen and oxygen atoms in total. The summed E-state index contributed by atoms with van der Waals surface area (Å²) in [5.74, 6) is 0.0512. The molecule has 2 rings (SSSR count). The van der Waals surface area contributed by atoms with Gasteiger partial charge in [0.1, 0.15) is 0 Å². The number of nitrogens with zero attached hydrogens (tertiary/aromatic N) is 1. The van der Waals surface area contributed by atoms with Crippen LogP contribution in [0.2, 0.25) is 0 Å². The average molecular weight is 282 g/mol. The minimum absolute atomic E-state index is 0.148. The summed E-state index contributed by atoms with van der Waals surface area (Å²) >= 11 is 5.07. The van der Waals surface area contributed by atoms with Crippen LogP contribution in [0.15, 0.2) is 0 Å². The number of piperidine rings is 1. The quantitative estimate of drug-likeness (QED) is 0.810. The lowest BCUT2D eigenvalue weighted by Crippen LogP contribution is -2.48. The number of carbonyl (C=O) groups is 1. The SMILES string of the molecule is CC(C)C(C(=O)N1CCC2(CCCC2)CC1)C(N)=S. The fourth-order valence-corrected chi connectivity index (χ4v) is 4.13. The van der Waals surface area contributed by atoms with Crippen molar-refractivity contribution in [3.05, 3.63) is 0 Å². The molecule has 0 aromatic heterocycles. The Morgan fingerprint density at radius 2 is 1.68 bits per heavy atom. The molecule has 0 radical (unpaired) electrons. The van der Waals surface area contributed by atoms with Gasteiger partial charge in [-0.25, -0.2) is 0 Å². The summed E-state index contributed by atoms with van der Waals surface area (Å²) in [6.07, 6.45) is 7.79. The van der Waals surface area contributed by atoms with Crippen LogP contribution in [0, 0.1) is 17.3 Å². The highest BCUT2D eigenvalue weighted by molar-refractivity contribution is 7.80. The van der Waals surface area contributed by atoms with E-state index in [9.17, 15) is 4.79 Å². The van der Waals surface area contributed by atoms with Crippen molar-refractivity contribution in [2.75, 3.05) is 13.1 Å². The number of amides is 1. The standard InChI is InChI=1S/C15H26N2OS/c1-11(2)12(13(16)19)14(18)17-9-7-15(8-10-17)5-3-4-6-15/h11-12H,3-10H2,1-2H3,(H2,16,19). The molecule has 19 heavy (non-hydrogen) atoms. The van der Waals surface area contributed by atoms with E-state index in [2.05, 4.69) is 0 Å². The van der Waals surface area contributed by atoms with Crippen LogP contribution < -0.4 is 5.73 Å². The van der Waals surface area contributed by atoms with Gasteiger partial charge in [0.25, 0.3) is 0 Å². The smallest absolute Gasteiger partial charge is 0.232 e. The first kappa shape index (κ1) is 14.8. The van der Waals surface area contributed by atoms with E-state index in [1.54, 1.807) is 0 Å². The molecule has 1 saturated heterocycles. The zero-order valence-electron chi connectivity index (χ0n) is 12.2. The number of hydrogen-bond donors (Lipinski definition) is 1. The molecular formula is C15H26N2OS. The number of rotatable bonds is 3. The van der Waals surface area contributed by atoms with Gasteiger partial charge in [-0.1, -0.05) is 38.9 Å². The number of carbonyl (C=O) groups excluding carboxylic acids is 1. The van der Waals surface area contributed by atoms with Crippen molar-refractivity contribution >= 4 is 23.1 Å². The van der Waals surface area contributed by atoms with Crippen LogP contribution in [-0.4, -0.2) is 28.9 Å². The molecule has 2 aliphatic rings. The third kappa shape index (κ3) is 3.10. The predicted molar refractivity (Wildman–Crippen MR) is 81.8 cm³/mol. The van der Waals surface area contributed by atoms with Crippen molar-refractivity contribution in [3.8, 4) is 0 Å². The third-order valence-corrected chi connectivity index (χ3v) is 5.29. The number of thiocarbonyl (C=S) groups is 1. The van der Waals surface area contributed by atoms with Gasteiger partial charge in [-0.3, -0.25) is 4.79 Å². The first-order chi connectivity index (χ1) is 8.95. The Hall–Kier alpha value is -0.640. The minimum atomic E-state index is -0.285. The molecule has 0 aromatic rings. The van der Waals surface area contributed by atoms with Gasteiger partial charge in [-0.2, -0.15) is 0 Å². The molecule has 1 aliphatic carbocycles. The molecule has 0 aromatic carbocycles. The van der Waals surface area contributed by atoms with Gasteiger partial charge in [0, 0.05) is 13.1 Å². The Morgan fingerprint density at radius 1 is 1.16 bits per heavy atom. The van der Waals surface area contributed by atoms with Crippen LogP contribution in [-0.2, 0) is 4.79 Å². The summed E-state index contributed by atoms with van der Waals surface area (Å²) in [4.78, 5) is 14.9. The summed E-state index contributed by atoms with van der Waals surface area (Å²) in [6, 6.07) is 0. The maximum atomic E-state index is 12.5. The monoisotopic (exact) mass is 282 g/mol. The lowest BCUT2D eigenvalue weighted by molar-refractivity contribution is -0.136. The normalized spacial score (nSPS) is 23.8. The van der Waals surface area contributed by atoms with Crippen molar-refractivity contribution in [2.24, 2.45) is 23.0 Å². The van der Waals surface area contributed by atoms with E-state index >= 15 is 0 Å². The van der Waals surface area contributed by atoms with E-state index in [1.165, 1.54) is 38.5 Å². The largest absolute Gasteiger partial charge is 0.393 e. The number of nitrogens with two attached hydrogens (primary N) is 1. The van der Waals surface area contributed by atoms with Gasteiger partial charge in [0.05, 0.1) is 10.9 Å². The molecule has 2 fully saturated rings. The molecule has 1 saturated carbocycles. The fraction of sp³-hybridized carbons (Fsp3) is 0.867. The maximum absolute atomic E-state index is 12.5. The Kier molecular flexibility index (Phi) is 4.49. The predicted octanol–water partition coefficient (Wildman–Crippen LogP) is 2.73. The van der Waals surface area contributed by atoms with Crippen LogP contribution in [0.5, 0.6) is 0 Å². The topological polar surface area (TPSA) is 46.3 Å². The molecule has 108 valence electrons. The van der Waals surface area contributed by atoms with Crippen molar-refractivity contribution in [2.45, 2.75) is 52.4 Å². The lowest BCUT2D eigenvalue weighted by atomic mass is 9.76. The molecule has 1 atom stereocenters. The lowest BCUT2D eigenvalue weighted by Gasteiger charge is -2.40.